The van der Waals surface area contributed by atoms with Crippen LogP contribution in [0.15, 0.2) is 24.4 Å². The van der Waals surface area contributed by atoms with Gasteiger partial charge in [-0.15, -0.1) is 0 Å². The lowest BCUT2D eigenvalue weighted by atomic mass is 10.2. The lowest BCUT2D eigenvalue weighted by Crippen LogP contribution is -2.50. The lowest BCUT2D eigenvalue weighted by molar-refractivity contribution is 0.237. The second kappa shape index (κ2) is 5.98. The van der Waals surface area contributed by atoms with Crippen molar-refractivity contribution in [3.63, 3.8) is 0 Å². The fourth-order valence-electron chi connectivity index (χ4n) is 2.18. The maximum Gasteiger partial charge on any atom is 0.128 e. The van der Waals surface area contributed by atoms with Crippen LogP contribution in [0.3, 0.4) is 0 Å². The van der Waals surface area contributed by atoms with Gasteiger partial charge >= 0.3 is 0 Å². The number of hydrogen-bond acceptors (Lipinski definition) is 4. The fourth-order valence-corrected chi connectivity index (χ4v) is 2.18. The third-order valence-electron chi connectivity index (χ3n) is 3.37. The molecule has 1 aliphatic heterocycles. The Hall–Kier alpha value is -1.13. The molecule has 0 amide bonds. The SMILES string of the molecule is CNC(C)CN1CCN(c2ccccn2)CC1. The number of piperazine rings is 1. The van der Waals surface area contributed by atoms with Gasteiger partial charge in [-0.2, -0.15) is 0 Å². The molecule has 4 nitrogen and oxygen atoms in total. The van der Waals surface area contributed by atoms with Gasteiger partial charge in [-0.1, -0.05) is 6.07 Å². The van der Waals surface area contributed by atoms with Crippen LogP contribution in [0.4, 0.5) is 5.82 Å². The molecular formula is C13H22N4. The summed E-state index contributed by atoms with van der Waals surface area (Å²) in [5.41, 5.74) is 0. The van der Waals surface area contributed by atoms with E-state index in [0.29, 0.717) is 6.04 Å². The monoisotopic (exact) mass is 234 g/mol. The molecule has 2 heterocycles. The molecule has 1 fully saturated rings. The number of nitrogens with one attached hydrogen (secondary N) is 1. The summed E-state index contributed by atoms with van der Waals surface area (Å²) in [4.78, 5) is 9.28. The van der Waals surface area contributed by atoms with Gasteiger partial charge in [0, 0.05) is 45.0 Å². The van der Waals surface area contributed by atoms with Crippen LogP contribution < -0.4 is 10.2 Å². The van der Waals surface area contributed by atoms with Gasteiger partial charge in [0.15, 0.2) is 0 Å². The topological polar surface area (TPSA) is 31.4 Å². The Labute approximate surface area is 104 Å². The first-order chi connectivity index (χ1) is 8.29. The van der Waals surface area contributed by atoms with Gasteiger partial charge in [0.25, 0.3) is 0 Å². The van der Waals surface area contributed by atoms with Crippen molar-refractivity contribution in [1.82, 2.24) is 15.2 Å². The van der Waals surface area contributed by atoms with Crippen molar-refractivity contribution in [2.75, 3.05) is 44.7 Å². The van der Waals surface area contributed by atoms with Crippen molar-refractivity contribution in [2.45, 2.75) is 13.0 Å². The van der Waals surface area contributed by atoms with E-state index in [1.165, 1.54) is 0 Å². The van der Waals surface area contributed by atoms with Gasteiger partial charge in [-0.05, 0) is 26.1 Å². The Morgan fingerprint density at radius 3 is 2.65 bits per heavy atom. The van der Waals surface area contributed by atoms with E-state index in [4.69, 9.17) is 0 Å². The normalized spacial score (nSPS) is 19.3. The summed E-state index contributed by atoms with van der Waals surface area (Å²) in [6, 6.07) is 6.68. The molecule has 0 spiro atoms. The Balaban J connectivity index is 1.82. The zero-order valence-corrected chi connectivity index (χ0v) is 10.8. The highest BCUT2D eigenvalue weighted by atomic mass is 15.3. The van der Waals surface area contributed by atoms with Gasteiger partial charge in [-0.3, -0.25) is 4.90 Å². The van der Waals surface area contributed by atoms with Crippen LogP contribution in [0.5, 0.6) is 0 Å². The molecule has 1 saturated heterocycles. The number of nitrogens with zero attached hydrogens (tertiary/aromatic N) is 3. The second-order valence-electron chi connectivity index (χ2n) is 4.67. The molecule has 94 valence electrons. The maximum absolute atomic E-state index is 4.40. The van der Waals surface area contributed by atoms with Crippen molar-refractivity contribution >= 4 is 5.82 Å². The summed E-state index contributed by atoms with van der Waals surface area (Å²) in [7, 11) is 2.02. The fraction of sp³-hybridized carbons (Fsp3) is 0.615. The van der Waals surface area contributed by atoms with E-state index in [0.717, 1.165) is 38.5 Å². The van der Waals surface area contributed by atoms with Crippen LogP contribution in [-0.2, 0) is 0 Å². The quantitative estimate of drug-likeness (QED) is 0.835. The van der Waals surface area contributed by atoms with Gasteiger partial charge in [0.05, 0.1) is 0 Å². The molecule has 1 atom stereocenters. The predicted molar refractivity (Wildman–Crippen MR) is 71.4 cm³/mol. The molecule has 0 radical (unpaired) electrons. The molecule has 0 aliphatic carbocycles. The van der Waals surface area contributed by atoms with Crippen LogP contribution in [-0.4, -0.2) is 55.7 Å². The zero-order valence-electron chi connectivity index (χ0n) is 10.8. The highest BCUT2D eigenvalue weighted by molar-refractivity contribution is 5.38. The molecule has 1 unspecified atom stereocenters. The van der Waals surface area contributed by atoms with E-state index in [1.54, 1.807) is 0 Å². The first kappa shape index (κ1) is 12.3. The van der Waals surface area contributed by atoms with E-state index >= 15 is 0 Å². The lowest BCUT2D eigenvalue weighted by Gasteiger charge is -2.36. The molecule has 0 aromatic carbocycles. The van der Waals surface area contributed by atoms with E-state index in [2.05, 4.69) is 39.2 Å². The van der Waals surface area contributed by atoms with E-state index in [-0.39, 0.29) is 0 Å². The smallest absolute Gasteiger partial charge is 0.128 e. The molecule has 1 aliphatic rings. The summed E-state index contributed by atoms with van der Waals surface area (Å²) in [6.45, 7) is 7.77. The van der Waals surface area contributed by atoms with Crippen molar-refractivity contribution in [2.24, 2.45) is 0 Å². The third-order valence-corrected chi connectivity index (χ3v) is 3.37. The highest BCUT2D eigenvalue weighted by Gasteiger charge is 2.18. The van der Waals surface area contributed by atoms with E-state index in [9.17, 15) is 0 Å². The highest BCUT2D eigenvalue weighted by Crippen LogP contribution is 2.12. The first-order valence-electron chi connectivity index (χ1n) is 6.35. The molecule has 0 bridgehead atoms. The number of hydrogen-bond donors (Lipinski definition) is 1. The van der Waals surface area contributed by atoms with Gasteiger partial charge in [-0.25, -0.2) is 4.98 Å². The summed E-state index contributed by atoms with van der Waals surface area (Å²) >= 11 is 0. The summed E-state index contributed by atoms with van der Waals surface area (Å²) in [5, 5.41) is 3.29. The van der Waals surface area contributed by atoms with Crippen LogP contribution in [0.1, 0.15) is 6.92 Å². The molecule has 2 rings (SSSR count). The van der Waals surface area contributed by atoms with Crippen LogP contribution >= 0.6 is 0 Å². The molecule has 1 aromatic rings. The van der Waals surface area contributed by atoms with E-state index in [1.807, 2.05) is 19.3 Å². The van der Waals surface area contributed by atoms with Crippen molar-refractivity contribution in [3.05, 3.63) is 24.4 Å². The Kier molecular flexibility index (Phi) is 4.34. The minimum Gasteiger partial charge on any atom is -0.354 e. The summed E-state index contributed by atoms with van der Waals surface area (Å²) in [6.07, 6.45) is 1.87. The van der Waals surface area contributed by atoms with Crippen molar-refractivity contribution in [3.8, 4) is 0 Å². The molecule has 1 aromatic heterocycles. The number of aromatic nitrogens is 1. The Bertz CT molecular complexity index is 319. The number of rotatable bonds is 4. The van der Waals surface area contributed by atoms with Crippen LogP contribution in [0.25, 0.3) is 0 Å². The summed E-state index contributed by atoms with van der Waals surface area (Å²) < 4.78 is 0. The van der Waals surface area contributed by atoms with Gasteiger partial charge in [0.1, 0.15) is 5.82 Å². The second-order valence-corrected chi connectivity index (χ2v) is 4.67. The first-order valence-corrected chi connectivity index (χ1v) is 6.35. The maximum atomic E-state index is 4.40. The number of anilines is 1. The Morgan fingerprint density at radius 2 is 2.06 bits per heavy atom. The van der Waals surface area contributed by atoms with Crippen molar-refractivity contribution in [1.29, 1.82) is 0 Å². The Morgan fingerprint density at radius 1 is 1.29 bits per heavy atom. The van der Waals surface area contributed by atoms with Gasteiger partial charge in [0.2, 0.25) is 0 Å². The van der Waals surface area contributed by atoms with Crippen LogP contribution in [0, 0.1) is 0 Å². The summed E-state index contributed by atoms with van der Waals surface area (Å²) in [5.74, 6) is 1.11. The van der Waals surface area contributed by atoms with E-state index < -0.39 is 0 Å². The third kappa shape index (κ3) is 3.41. The average Bonchev–Trinajstić information content (AvgIpc) is 2.40. The molecule has 17 heavy (non-hydrogen) atoms. The standard InChI is InChI=1S/C13H22N4/c1-12(14-2)11-16-7-9-17(10-8-16)13-5-3-4-6-15-13/h3-6,12,14H,7-11H2,1-2H3. The van der Waals surface area contributed by atoms with Gasteiger partial charge < -0.3 is 10.2 Å². The van der Waals surface area contributed by atoms with Crippen molar-refractivity contribution < 1.29 is 0 Å². The molecule has 4 heteroatoms. The molecule has 0 saturated carbocycles. The predicted octanol–water partition coefficient (Wildman–Crippen LogP) is 0.811. The largest absolute Gasteiger partial charge is 0.354 e. The number of likely N-dealkylation sites (N-methyl/N-ethyl adjacent to an activating group) is 1. The molecule has 1 N–H and O–H groups in total. The zero-order chi connectivity index (χ0) is 12.1. The average molecular weight is 234 g/mol. The minimum absolute atomic E-state index is 0.566. The van der Waals surface area contributed by atoms with Crippen LogP contribution in [0.2, 0.25) is 0 Å². The minimum atomic E-state index is 0.566. The molecular weight excluding hydrogens is 212 g/mol. The number of pyridine rings is 1.